The Morgan fingerprint density at radius 2 is 1.78 bits per heavy atom. The lowest BCUT2D eigenvalue weighted by Gasteiger charge is -2.19. The van der Waals surface area contributed by atoms with E-state index in [2.05, 4.69) is 15.5 Å². The van der Waals surface area contributed by atoms with Gasteiger partial charge in [-0.15, -0.1) is 0 Å². The Hall–Kier alpha value is -3.11. The van der Waals surface area contributed by atoms with Crippen molar-refractivity contribution in [2.24, 2.45) is 0 Å². The molecule has 32 heavy (non-hydrogen) atoms. The lowest BCUT2D eigenvalue weighted by molar-refractivity contribution is 0.340. The van der Waals surface area contributed by atoms with Crippen LogP contribution in [0.15, 0.2) is 51.9 Å². The molecule has 0 saturated heterocycles. The minimum absolute atomic E-state index is 0.185. The van der Waals surface area contributed by atoms with Gasteiger partial charge in [-0.3, -0.25) is 0 Å². The molecule has 9 nitrogen and oxygen atoms in total. The van der Waals surface area contributed by atoms with Crippen molar-refractivity contribution >= 4 is 15.7 Å². The largest absolute Gasteiger partial charge is 0.495 e. The van der Waals surface area contributed by atoms with Crippen LogP contribution in [0.5, 0.6) is 11.5 Å². The maximum atomic E-state index is 12.9. The second-order valence-electron chi connectivity index (χ2n) is 6.77. The number of anilines is 1. The number of sulfonamides is 1. The maximum absolute atomic E-state index is 12.9. The van der Waals surface area contributed by atoms with Crippen LogP contribution in [0.25, 0.3) is 11.4 Å². The molecule has 1 heterocycles. The summed E-state index contributed by atoms with van der Waals surface area (Å²) in [6.07, 6.45) is 0. The van der Waals surface area contributed by atoms with Gasteiger partial charge in [0.15, 0.2) is 0 Å². The van der Waals surface area contributed by atoms with Crippen molar-refractivity contribution in [2.45, 2.75) is 32.2 Å². The molecule has 3 rings (SSSR count). The highest BCUT2D eigenvalue weighted by Crippen LogP contribution is 2.29. The predicted octanol–water partition coefficient (Wildman–Crippen LogP) is 3.79. The fourth-order valence-corrected chi connectivity index (χ4v) is 4.66. The van der Waals surface area contributed by atoms with Gasteiger partial charge in [-0.05, 0) is 49.4 Å². The second kappa shape index (κ2) is 10.5. The van der Waals surface area contributed by atoms with Crippen molar-refractivity contribution < 1.29 is 22.4 Å². The summed E-state index contributed by atoms with van der Waals surface area (Å²) in [4.78, 5) is 4.59. The van der Waals surface area contributed by atoms with Crippen LogP contribution in [-0.2, 0) is 16.6 Å². The Kier molecular flexibility index (Phi) is 7.70. The Morgan fingerprint density at radius 3 is 2.41 bits per heavy atom. The zero-order chi connectivity index (χ0) is 23.1. The molecule has 10 heteroatoms. The van der Waals surface area contributed by atoms with Crippen LogP contribution in [0.3, 0.4) is 0 Å². The van der Waals surface area contributed by atoms with Gasteiger partial charge in [0.1, 0.15) is 11.5 Å². The Bertz CT molecular complexity index is 1130. The molecule has 0 atom stereocenters. The molecule has 2 aromatic carbocycles. The minimum atomic E-state index is -3.60. The van der Waals surface area contributed by atoms with E-state index in [4.69, 9.17) is 14.0 Å². The number of ether oxygens (including phenoxy) is 2. The molecule has 0 aliphatic heterocycles. The second-order valence-corrected chi connectivity index (χ2v) is 8.71. The molecule has 0 saturated carbocycles. The molecular formula is C22H28N4O5S. The zero-order valence-electron chi connectivity index (χ0n) is 18.7. The summed E-state index contributed by atoms with van der Waals surface area (Å²) >= 11 is 0. The molecule has 1 aromatic heterocycles. The molecule has 172 valence electrons. The van der Waals surface area contributed by atoms with Crippen molar-refractivity contribution in [2.75, 3.05) is 32.1 Å². The fourth-order valence-electron chi connectivity index (χ4n) is 3.18. The molecule has 1 N–H and O–H groups in total. The van der Waals surface area contributed by atoms with Crippen LogP contribution < -0.4 is 14.8 Å². The average Bonchev–Trinajstić information content (AvgIpc) is 3.28. The van der Waals surface area contributed by atoms with E-state index >= 15 is 0 Å². The van der Waals surface area contributed by atoms with E-state index in [0.717, 1.165) is 11.3 Å². The quantitative estimate of drug-likeness (QED) is 0.461. The number of nitrogens with one attached hydrogen (secondary N) is 1. The Balaban J connectivity index is 1.77. The normalized spacial score (nSPS) is 11.5. The highest BCUT2D eigenvalue weighted by atomic mass is 32.2. The highest BCUT2D eigenvalue weighted by Gasteiger charge is 2.23. The summed E-state index contributed by atoms with van der Waals surface area (Å²) in [7, 11) is -2.07. The summed E-state index contributed by atoms with van der Waals surface area (Å²) in [5.74, 6) is 2.09. The first-order valence-electron chi connectivity index (χ1n) is 10.4. The van der Waals surface area contributed by atoms with Gasteiger partial charge in [-0.1, -0.05) is 19.0 Å². The molecule has 0 aliphatic carbocycles. The topological polar surface area (TPSA) is 107 Å². The van der Waals surface area contributed by atoms with E-state index in [-0.39, 0.29) is 11.4 Å². The number of methoxy groups -OCH3 is 1. The van der Waals surface area contributed by atoms with E-state index in [0.29, 0.717) is 42.8 Å². The lowest BCUT2D eigenvalue weighted by atomic mass is 10.2. The van der Waals surface area contributed by atoms with E-state index in [1.807, 2.05) is 31.2 Å². The first kappa shape index (κ1) is 23.6. The van der Waals surface area contributed by atoms with Crippen LogP contribution >= 0.6 is 0 Å². The van der Waals surface area contributed by atoms with E-state index < -0.39 is 10.0 Å². The zero-order valence-corrected chi connectivity index (χ0v) is 19.5. The summed E-state index contributed by atoms with van der Waals surface area (Å²) in [6, 6.07) is 12.1. The number of hydrogen-bond donors (Lipinski definition) is 1. The Morgan fingerprint density at radius 1 is 1.06 bits per heavy atom. The van der Waals surface area contributed by atoms with Gasteiger partial charge in [0.2, 0.25) is 21.7 Å². The van der Waals surface area contributed by atoms with E-state index in [9.17, 15) is 8.42 Å². The van der Waals surface area contributed by atoms with E-state index in [1.54, 1.807) is 26.0 Å². The molecule has 3 aromatic rings. The molecule has 0 spiro atoms. The fraction of sp³-hybridized carbons (Fsp3) is 0.364. The van der Waals surface area contributed by atoms with Gasteiger partial charge in [0, 0.05) is 18.7 Å². The lowest BCUT2D eigenvalue weighted by Crippen LogP contribution is -2.30. The molecule has 0 radical (unpaired) electrons. The number of benzene rings is 2. The standard InChI is InChI=1S/C22H28N4O5S/c1-5-26(6-2)32(27,28)18-12-13-20(29-4)19(14-18)23-15-21-24-22(25-31-21)16-8-10-17(11-9-16)30-7-3/h8-14,23H,5-7,15H2,1-4H3. The first-order chi connectivity index (χ1) is 15.4. The van der Waals surface area contributed by atoms with Gasteiger partial charge in [-0.25, -0.2) is 8.42 Å². The third-order valence-electron chi connectivity index (χ3n) is 4.84. The van der Waals surface area contributed by atoms with Crippen LogP contribution in [0, 0.1) is 0 Å². The molecule has 0 amide bonds. The Labute approximate surface area is 188 Å². The monoisotopic (exact) mass is 460 g/mol. The van der Waals surface area contributed by atoms with Crippen LogP contribution in [0.1, 0.15) is 26.7 Å². The molecular weight excluding hydrogens is 432 g/mol. The third-order valence-corrected chi connectivity index (χ3v) is 6.88. The van der Waals surface area contributed by atoms with Crippen molar-refractivity contribution in [3.8, 4) is 22.9 Å². The van der Waals surface area contributed by atoms with Gasteiger partial charge < -0.3 is 19.3 Å². The van der Waals surface area contributed by atoms with Crippen LogP contribution in [0.2, 0.25) is 0 Å². The van der Waals surface area contributed by atoms with Gasteiger partial charge in [0.05, 0.1) is 30.8 Å². The number of nitrogens with zero attached hydrogens (tertiary/aromatic N) is 3. The molecule has 0 unspecified atom stereocenters. The minimum Gasteiger partial charge on any atom is -0.495 e. The average molecular weight is 461 g/mol. The van der Waals surface area contributed by atoms with Crippen LogP contribution in [0.4, 0.5) is 5.69 Å². The number of aromatic nitrogens is 2. The summed E-state index contributed by atoms with van der Waals surface area (Å²) < 4.78 is 43.3. The maximum Gasteiger partial charge on any atom is 0.246 e. The third kappa shape index (κ3) is 5.20. The summed E-state index contributed by atoms with van der Waals surface area (Å²) in [6.45, 7) is 7.12. The predicted molar refractivity (Wildman–Crippen MR) is 121 cm³/mol. The van der Waals surface area contributed by atoms with Gasteiger partial charge >= 0.3 is 0 Å². The van der Waals surface area contributed by atoms with Crippen molar-refractivity contribution in [3.63, 3.8) is 0 Å². The number of rotatable bonds is 11. The van der Waals surface area contributed by atoms with Crippen molar-refractivity contribution in [1.29, 1.82) is 0 Å². The highest BCUT2D eigenvalue weighted by molar-refractivity contribution is 7.89. The molecule has 0 fully saturated rings. The first-order valence-corrected chi connectivity index (χ1v) is 11.8. The summed E-state index contributed by atoms with van der Waals surface area (Å²) in [5, 5.41) is 7.15. The smallest absolute Gasteiger partial charge is 0.246 e. The van der Waals surface area contributed by atoms with Crippen molar-refractivity contribution in [1.82, 2.24) is 14.4 Å². The van der Waals surface area contributed by atoms with Crippen molar-refractivity contribution in [3.05, 3.63) is 48.4 Å². The van der Waals surface area contributed by atoms with E-state index in [1.165, 1.54) is 17.5 Å². The number of hydrogen-bond acceptors (Lipinski definition) is 8. The van der Waals surface area contributed by atoms with Gasteiger partial charge in [-0.2, -0.15) is 9.29 Å². The molecule has 0 bridgehead atoms. The van der Waals surface area contributed by atoms with Crippen LogP contribution in [-0.4, -0.2) is 49.7 Å². The summed E-state index contributed by atoms with van der Waals surface area (Å²) in [5.41, 5.74) is 1.31. The molecule has 0 aliphatic rings. The van der Waals surface area contributed by atoms with Gasteiger partial charge in [0.25, 0.3) is 0 Å². The SMILES string of the molecule is CCOc1ccc(-c2noc(CNc3cc(S(=O)(=O)N(CC)CC)ccc3OC)n2)cc1.